The molecule has 0 aromatic heterocycles. The first-order valence-corrected chi connectivity index (χ1v) is 7.66. The fourth-order valence-corrected chi connectivity index (χ4v) is 2.75. The van der Waals surface area contributed by atoms with Gasteiger partial charge in [0, 0.05) is 13.1 Å². The van der Waals surface area contributed by atoms with E-state index < -0.39 is 0 Å². The Labute approximate surface area is 125 Å². The van der Waals surface area contributed by atoms with Crippen molar-refractivity contribution in [1.82, 2.24) is 10.2 Å². The van der Waals surface area contributed by atoms with Crippen LogP contribution in [0.5, 0.6) is 11.5 Å². The molecule has 1 aromatic carbocycles. The first-order chi connectivity index (χ1) is 10.2. The molecule has 0 saturated heterocycles. The van der Waals surface area contributed by atoms with Crippen LogP contribution < -0.4 is 14.8 Å². The molecule has 1 fully saturated rings. The fourth-order valence-electron chi connectivity index (χ4n) is 2.75. The number of nitrogens with zero attached hydrogens (tertiary/aromatic N) is 1. The third kappa shape index (κ3) is 2.64. The van der Waals surface area contributed by atoms with E-state index in [-0.39, 0.29) is 11.6 Å². The summed E-state index contributed by atoms with van der Waals surface area (Å²) in [5.41, 5.74) is 0.877. The summed E-state index contributed by atoms with van der Waals surface area (Å²) in [6.45, 7) is 6.60. The van der Waals surface area contributed by atoms with Crippen molar-refractivity contribution in [3.63, 3.8) is 0 Å². The first kappa shape index (κ1) is 14.0. The highest BCUT2D eigenvalue weighted by molar-refractivity contribution is 5.76. The number of nitrogens with one attached hydrogen (secondary N) is 1. The first-order valence-electron chi connectivity index (χ1n) is 7.66. The van der Waals surface area contributed by atoms with Gasteiger partial charge in [0.1, 0.15) is 13.2 Å². The summed E-state index contributed by atoms with van der Waals surface area (Å²) in [6, 6.07) is 5.98. The zero-order valence-electron chi connectivity index (χ0n) is 12.6. The molecule has 1 aliphatic heterocycles. The third-order valence-electron chi connectivity index (χ3n) is 4.24. The lowest BCUT2D eigenvalue weighted by atomic mass is 10.0. The molecule has 114 valence electrons. The van der Waals surface area contributed by atoms with Gasteiger partial charge in [-0.2, -0.15) is 0 Å². The monoisotopic (exact) mass is 290 g/mol. The average molecular weight is 290 g/mol. The summed E-state index contributed by atoms with van der Waals surface area (Å²) < 4.78 is 11.2. The summed E-state index contributed by atoms with van der Waals surface area (Å²) in [4.78, 5) is 14.1. The van der Waals surface area contributed by atoms with Gasteiger partial charge in [-0.15, -0.1) is 0 Å². The topological polar surface area (TPSA) is 50.8 Å². The van der Waals surface area contributed by atoms with Crippen molar-refractivity contribution in [3.8, 4) is 11.5 Å². The van der Waals surface area contributed by atoms with Crippen molar-refractivity contribution < 1.29 is 14.3 Å². The smallest absolute Gasteiger partial charge is 0.318 e. The van der Waals surface area contributed by atoms with Gasteiger partial charge in [-0.25, -0.2) is 4.79 Å². The maximum absolute atomic E-state index is 12.3. The van der Waals surface area contributed by atoms with Crippen LogP contribution in [-0.4, -0.2) is 37.2 Å². The highest BCUT2D eigenvalue weighted by Crippen LogP contribution is 2.47. The third-order valence-corrected chi connectivity index (χ3v) is 4.24. The van der Waals surface area contributed by atoms with E-state index in [1.54, 1.807) is 4.90 Å². The molecule has 21 heavy (non-hydrogen) atoms. The summed E-state index contributed by atoms with van der Waals surface area (Å²) in [6.07, 6.45) is 1.94. The zero-order valence-corrected chi connectivity index (χ0v) is 12.6. The molecule has 5 nitrogen and oxygen atoms in total. The van der Waals surface area contributed by atoms with E-state index in [1.165, 1.54) is 0 Å². The molecule has 1 saturated carbocycles. The number of hydrogen-bond donors (Lipinski definition) is 1. The number of ether oxygens (including phenoxy) is 2. The molecule has 0 unspecified atom stereocenters. The van der Waals surface area contributed by atoms with Crippen molar-refractivity contribution in [1.29, 1.82) is 0 Å². The van der Waals surface area contributed by atoms with Crippen LogP contribution in [0.2, 0.25) is 0 Å². The fraction of sp³-hybridized carbons (Fsp3) is 0.562. The van der Waals surface area contributed by atoms with E-state index in [0.29, 0.717) is 13.2 Å². The molecule has 0 atom stereocenters. The molecule has 1 N–H and O–H groups in total. The lowest BCUT2D eigenvalue weighted by Gasteiger charge is -2.26. The van der Waals surface area contributed by atoms with Crippen LogP contribution in [0.4, 0.5) is 4.79 Å². The normalized spacial score (nSPS) is 18.0. The average Bonchev–Trinajstić information content (AvgIpc) is 3.29. The summed E-state index contributed by atoms with van der Waals surface area (Å²) in [5.74, 6) is 1.57. The van der Waals surface area contributed by atoms with Gasteiger partial charge in [-0.3, -0.25) is 0 Å². The number of amides is 2. The van der Waals surface area contributed by atoms with E-state index in [9.17, 15) is 4.79 Å². The van der Waals surface area contributed by atoms with Crippen LogP contribution >= 0.6 is 0 Å². The molecule has 1 heterocycles. The van der Waals surface area contributed by atoms with Crippen LogP contribution in [0.1, 0.15) is 32.3 Å². The molecule has 5 heteroatoms. The molecule has 0 radical (unpaired) electrons. The van der Waals surface area contributed by atoms with E-state index >= 15 is 0 Å². The molecule has 0 spiro atoms. The Morgan fingerprint density at radius 3 is 2.48 bits per heavy atom. The Bertz CT molecular complexity index is 536. The number of urea groups is 1. The number of fused-ring (bicyclic) bond motifs is 1. The van der Waals surface area contributed by atoms with E-state index in [2.05, 4.69) is 5.32 Å². The Hall–Kier alpha value is -1.91. The standard InChI is InChI=1S/C16H22N2O3/c1-3-18(4-2)15(19)17-16(7-8-16)12-5-6-13-14(11-12)21-10-9-20-13/h5-6,11H,3-4,7-10H2,1-2H3,(H,17,19). The molecule has 1 aromatic rings. The molecule has 3 rings (SSSR count). The van der Waals surface area contributed by atoms with Crippen molar-refractivity contribution >= 4 is 6.03 Å². The molecular weight excluding hydrogens is 268 g/mol. The Morgan fingerprint density at radius 2 is 1.86 bits per heavy atom. The lowest BCUT2D eigenvalue weighted by molar-refractivity contribution is 0.171. The predicted molar refractivity (Wildman–Crippen MR) is 79.8 cm³/mol. The molecular formula is C16H22N2O3. The maximum Gasteiger partial charge on any atom is 0.318 e. The lowest BCUT2D eigenvalue weighted by Crippen LogP contribution is -2.44. The molecule has 2 amide bonds. The van der Waals surface area contributed by atoms with Crippen LogP contribution in [0.25, 0.3) is 0 Å². The van der Waals surface area contributed by atoms with Gasteiger partial charge in [0.15, 0.2) is 11.5 Å². The second-order valence-electron chi connectivity index (χ2n) is 5.54. The van der Waals surface area contributed by atoms with Gasteiger partial charge in [0.25, 0.3) is 0 Å². The van der Waals surface area contributed by atoms with Crippen molar-refractivity contribution in [2.24, 2.45) is 0 Å². The van der Waals surface area contributed by atoms with Gasteiger partial charge in [-0.05, 0) is 44.4 Å². The Morgan fingerprint density at radius 1 is 1.19 bits per heavy atom. The molecule has 1 aliphatic carbocycles. The van der Waals surface area contributed by atoms with E-state index in [4.69, 9.17) is 9.47 Å². The van der Waals surface area contributed by atoms with Gasteiger partial charge in [0.05, 0.1) is 5.54 Å². The maximum atomic E-state index is 12.3. The van der Waals surface area contributed by atoms with Gasteiger partial charge >= 0.3 is 6.03 Å². The summed E-state index contributed by atoms with van der Waals surface area (Å²) in [7, 11) is 0. The minimum Gasteiger partial charge on any atom is -0.486 e. The number of carbonyl (C=O) groups is 1. The van der Waals surface area contributed by atoms with Crippen LogP contribution in [-0.2, 0) is 5.54 Å². The van der Waals surface area contributed by atoms with Gasteiger partial charge < -0.3 is 19.7 Å². The number of rotatable bonds is 4. The molecule has 0 bridgehead atoms. The number of benzene rings is 1. The minimum atomic E-state index is -0.227. The zero-order chi connectivity index (χ0) is 14.9. The number of carbonyl (C=O) groups excluding carboxylic acids is 1. The van der Waals surface area contributed by atoms with Crippen LogP contribution in [0.3, 0.4) is 0 Å². The van der Waals surface area contributed by atoms with Crippen LogP contribution in [0, 0.1) is 0 Å². The van der Waals surface area contributed by atoms with Gasteiger partial charge in [0.2, 0.25) is 0 Å². The SMILES string of the molecule is CCN(CC)C(=O)NC1(c2ccc3c(c2)OCCO3)CC1. The summed E-state index contributed by atoms with van der Waals surface area (Å²) >= 11 is 0. The van der Waals surface area contributed by atoms with E-state index in [0.717, 1.165) is 43.0 Å². The van der Waals surface area contributed by atoms with Crippen molar-refractivity contribution in [2.75, 3.05) is 26.3 Å². The quantitative estimate of drug-likeness (QED) is 0.927. The minimum absolute atomic E-state index is 0.00684. The van der Waals surface area contributed by atoms with E-state index in [1.807, 2.05) is 32.0 Å². The highest BCUT2D eigenvalue weighted by Gasteiger charge is 2.46. The number of hydrogen-bond acceptors (Lipinski definition) is 3. The Balaban J connectivity index is 1.78. The molecule has 2 aliphatic rings. The Kier molecular flexibility index (Phi) is 3.66. The van der Waals surface area contributed by atoms with Crippen molar-refractivity contribution in [3.05, 3.63) is 23.8 Å². The van der Waals surface area contributed by atoms with Crippen molar-refractivity contribution in [2.45, 2.75) is 32.2 Å². The van der Waals surface area contributed by atoms with Gasteiger partial charge in [-0.1, -0.05) is 6.07 Å². The highest BCUT2D eigenvalue weighted by atomic mass is 16.6. The largest absolute Gasteiger partial charge is 0.486 e. The summed E-state index contributed by atoms with van der Waals surface area (Å²) in [5, 5.41) is 3.18. The second-order valence-corrected chi connectivity index (χ2v) is 5.54. The predicted octanol–water partition coefficient (Wildman–Crippen LogP) is 2.50. The van der Waals surface area contributed by atoms with Crippen LogP contribution in [0.15, 0.2) is 18.2 Å². The second kappa shape index (κ2) is 5.47.